The SMILES string of the molecule is CC(=O)CC[C@H](NC(=O)c1ccc(NC(=O)CC2=C(O)CC(N)=NC2=N)cn1)C(=O)O. The summed E-state index contributed by atoms with van der Waals surface area (Å²) in [6.07, 6.45) is 0.823. The van der Waals surface area contributed by atoms with Crippen LogP contribution in [0.15, 0.2) is 34.7 Å². The number of pyridine rings is 1. The van der Waals surface area contributed by atoms with Gasteiger partial charge in [0, 0.05) is 12.0 Å². The van der Waals surface area contributed by atoms with Crippen molar-refractivity contribution >= 4 is 40.9 Å². The Balaban J connectivity index is 1.96. The molecule has 1 atom stereocenters. The summed E-state index contributed by atoms with van der Waals surface area (Å²) in [6.45, 7) is 1.33. The number of aliphatic hydroxyl groups excluding tert-OH is 1. The van der Waals surface area contributed by atoms with E-state index in [2.05, 4.69) is 20.6 Å². The molecule has 0 spiro atoms. The first-order valence-corrected chi connectivity index (χ1v) is 9.18. The molecule has 0 bridgehead atoms. The first kappa shape index (κ1) is 23.2. The molecule has 0 aliphatic carbocycles. The third kappa shape index (κ3) is 6.73. The maximum Gasteiger partial charge on any atom is 0.326 e. The molecule has 0 radical (unpaired) electrons. The van der Waals surface area contributed by atoms with Gasteiger partial charge in [0.1, 0.15) is 29.1 Å². The number of rotatable bonds is 9. The number of nitrogens with one attached hydrogen (secondary N) is 3. The van der Waals surface area contributed by atoms with Crippen molar-refractivity contribution in [3.63, 3.8) is 0 Å². The predicted octanol–water partition coefficient (Wildman–Crippen LogP) is 0.513. The molecular formula is C19H22N6O6. The summed E-state index contributed by atoms with van der Waals surface area (Å²) in [5.74, 6) is -3.16. The molecule has 164 valence electrons. The van der Waals surface area contributed by atoms with Crippen LogP contribution in [0.5, 0.6) is 0 Å². The van der Waals surface area contributed by atoms with Crippen LogP contribution in [0.25, 0.3) is 0 Å². The number of ketones is 1. The molecule has 31 heavy (non-hydrogen) atoms. The van der Waals surface area contributed by atoms with Crippen molar-refractivity contribution in [1.29, 1.82) is 5.41 Å². The van der Waals surface area contributed by atoms with Crippen molar-refractivity contribution in [2.75, 3.05) is 5.32 Å². The number of aliphatic carboxylic acids is 1. The Morgan fingerprint density at radius 2 is 2.00 bits per heavy atom. The normalized spacial score (nSPS) is 14.5. The average molecular weight is 430 g/mol. The second-order valence-electron chi connectivity index (χ2n) is 6.82. The zero-order chi connectivity index (χ0) is 23.1. The molecule has 1 aromatic rings. The molecule has 0 fully saturated rings. The molecular weight excluding hydrogens is 408 g/mol. The van der Waals surface area contributed by atoms with Crippen LogP contribution in [0.4, 0.5) is 5.69 Å². The minimum atomic E-state index is -1.27. The van der Waals surface area contributed by atoms with E-state index in [0.717, 1.165) is 0 Å². The summed E-state index contributed by atoms with van der Waals surface area (Å²) in [4.78, 5) is 54.3. The van der Waals surface area contributed by atoms with Crippen LogP contribution in [0.2, 0.25) is 0 Å². The molecule has 0 saturated heterocycles. The fourth-order valence-electron chi connectivity index (χ4n) is 2.66. The molecule has 2 amide bonds. The molecule has 2 heterocycles. The lowest BCUT2D eigenvalue weighted by atomic mass is 10.1. The van der Waals surface area contributed by atoms with Crippen molar-refractivity contribution in [3.05, 3.63) is 35.4 Å². The highest BCUT2D eigenvalue weighted by atomic mass is 16.4. The van der Waals surface area contributed by atoms with Gasteiger partial charge in [-0.1, -0.05) is 0 Å². The minimum Gasteiger partial charge on any atom is -0.511 e. The Hall–Kier alpha value is -4.09. The summed E-state index contributed by atoms with van der Waals surface area (Å²) >= 11 is 0. The molecule has 12 nitrogen and oxygen atoms in total. The minimum absolute atomic E-state index is 0.0109. The number of aliphatic imine (C=N–C) groups is 1. The summed E-state index contributed by atoms with van der Waals surface area (Å²) in [6, 6.07) is 1.45. The van der Waals surface area contributed by atoms with E-state index in [1.807, 2.05) is 0 Å². The van der Waals surface area contributed by atoms with Crippen molar-refractivity contribution in [1.82, 2.24) is 10.3 Å². The van der Waals surface area contributed by atoms with Crippen LogP contribution in [0.3, 0.4) is 0 Å². The van der Waals surface area contributed by atoms with Crippen LogP contribution in [-0.4, -0.2) is 56.5 Å². The standard InChI is InChI=1S/C19H22N6O6/c1-9(26)2-4-13(19(30)31)24-18(29)12-5-3-10(8-22-12)23-16(28)6-11-14(27)7-15(20)25-17(11)21/h3,5,8,13,27H,2,4,6-7H2,1H3,(H,23,28)(H,24,29)(H,30,31)(H3,20,21,25)/t13-/m0/s1. The van der Waals surface area contributed by atoms with Crippen LogP contribution in [-0.2, 0) is 14.4 Å². The zero-order valence-corrected chi connectivity index (χ0v) is 16.6. The quantitative estimate of drug-likeness (QED) is 0.324. The number of nitrogens with two attached hydrogens (primary N) is 1. The summed E-state index contributed by atoms with van der Waals surface area (Å²) in [5.41, 5.74) is 5.70. The van der Waals surface area contributed by atoms with E-state index in [9.17, 15) is 24.3 Å². The van der Waals surface area contributed by atoms with Crippen LogP contribution < -0.4 is 16.4 Å². The number of carbonyl (C=O) groups excluding carboxylic acids is 3. The number of carboxylic acids is 1. The highest BCUT2D eigenvalue weighted by Gasteiger charge is 2.23. The summed E-state index contributed by atoms with van der Waals surface area (Å²) < 4.78 is 0. The third-order valence-corrected chi connectivity index (χ3v) is 4.24. The van der Waals surface area contributed by atoms with Crippen molar-refractivity contribution in [3.8, 4) is 0 Å². The predicted molar refractivity (Wildman–Crippen MR) is 110 cm³/mol. The molecule has 12 heteroatoms. The lowest BCUT2D eigenvalue weighted by Crippen LogP contribution is -2.41. The maximum absolute atomic E-state index is 12.2. The molecule has 1 aliphatic rings. The highest BCUT2D eigenvalue weighted by Crippen LogP contribution is 2.18. The van der Waals surface area contributed by atoms with Crippen LogP contribution in [0, 0.1) is 5.41 Å². The van der Waals surface area contributed by atoms with Crippen molar-refractivity contribution < 1.29 is 29.4 Å². The zero-order valence-electron chi connectivity index (χ0n) is 16.6. The van der Waals surface area contributed by atoms with Gasteiger partial charge in [-0.3, -0.25) is 15.0 Å². The first-order valence-electron chi connectivity index (χ1n) is 9.18. The van der Waals surface area contributed by atoms with Gasteiger partial charge in [0.15, 0.2) is 5.84 Å². The van der Waals surface area contributed by atoms with Crippen molar-refractivity contribution in [2.24, 2.45) is 10.7 Å². The number of amidine groups is 2. The smallest absolute Gasteiger partial charge is 0.326 e. The van der Waals surface area contributed by atoms with E-state index >= 15 is 0 Å². The second kappa shape index (κ2) is 10.1. The summed E-state index contributed by atoms with van der Waals surface area (Å²) in [5, 5.41) is 31.6. The van der Waals surface area contributed by atoms with Gasteiger partial charge in [-0.05, 0) is 25.5 Å². The van der Waals surface area contributed by atoms with E-state index in [4.69, 9.17) is 16.2 Å². The molecule has 0 aromatic carbocycles. The number of aliphatic hydroxyl groups is 1. The number of hydrogen-bond donors (Lipinski definition) is 6. The van der Waals surface area contributed by atoms with Gasteiger partial charge in [-0.15, -0.1) is 0 Å². The monoisotopic (exact) mass is 430 g/mol. The van der Waals surface area contributed by atoms with Gasteiger partial charge < -0.3 is 31.4 Å². The molecule has 1 aliphatic heterocycles. The number of Topliss-reactive ketones (excluding diaryl/α,β-unsaturated/α-hetero) is 1. The number of hydrogen-bond acceptors (Lipinski definition) is 8. The lowest BCUT2D eigenvalue weighted by Gasteiger charge is -2.15. The lowest BCUT2D eigenvalue weighted by molar-refractivity contribution is -0.139. The Kier molecular flexibility index (Phi) is 7.55. The van der Waals surface area contributed by atoms with Gasteiger partial charge in [-0.2, -0.15) is 0 Å². The van der Waals surface area contributed by atoms with Gasteiger partial charge in [0.05, 0.1) is 24.7 Å². The number of carbonyl (C=O) groups is 4. The van der Waals surface area contributed by atoms with Gasteiger partial charge in [0.25, 0.3) is 5.91 Å². The van der Waals surface area contributed by atoms with E-state index in [1.54, 1.807) is 0 Å². The Morgan fingerprint density at radius 3 is 2.55 bits per heavy atom. The topological polar surface area (TPSA) is 208 Å². The highest BCUT2D eigenvalue weighted by molar-refractivity contribution is 6.11. The molecule has 7 N–H and O–H groups in total. The van der Waals surface area contributed by atoms with E-state index < -0.39 is 23.8 Å². The second-order valence-corrected chi connectivity index (χ2v) is 6.82. The fourth-order valence-corrected chi connectivity index (χ4v) is 2.66. The van der Waals surface area contributed by atoms with Crippen molar-refractivity contribution in [2.45, 2.75) is 38.6 Å². The number of aromatic nitrogens is 1. The van der Waals surface area contributed by atoms with E-state index in [1.165, 1.54) is 25.3 Å². The first-order chi connectivity index (χ1) is 14.6. The third-order valence-electron chi connectivity index (χ3n) is 4.24. The number of nitrogens with zero attached hydrogens (tertiary/aromatic N) is 2. The number of dihydropyridines is 1. The number of amides is 2. The number of anilines is 1. The van der Waals surface area contributed by atoms with Gasteiger partial charge >= 0.3 is 5.97 Å². The average Bonchev–Trinajstić information content (AvgIpc) is 2.68. The molecule has 1 aromatic heterocycles. The van der Waals surface area contributed by atoms with E-state index in [0.29, 0.717) is 0 Å². The van der Waals surface area contributed by atoms with Gasteiger partial charge in [-0.25, -0.2) is 14.8 Å². The Labute approximate surface area is 176 Å². The van der Waals surface area contributed by atoms with E-state index in [-0.39, 0.29) is 65.9 Å². The molecule has 0 saturated carbocycles. The largest absolute Gasteiger partial charge is 0.511 e. The number of carboxylic acid groups (broad SMARTS) is 1. The van der Waals surface area contributed by atoms with Gasteiger partial charge in [0.2, 0.25) is 5.91 Å². The Morgan fingerprint density at radius 1 is 1.29 bits per heavy atom. The van der Waals surface area contributed by atoms with Crippen LogP contribution >= 0.6 is 0 Å². The fraction of sp³-hybridized carbons (Fsp3) is 0.316. The summed E-state index contributed by atoms with van der Waals surface area (Å²) in [7, 11) is 0. The maximum atomic E-state index is 12.2. The van der Waals surface area contributed by atoms with Crippen LogP contribution in [0.1, 0.15) is 43.1 Å². The Bertz CT molecular complexity index is 982. The molecule has 0 unspecified atom stereocenters. The molecule has 2 rings (SSSR count).